The molecule has 0 atom stereocenters. The average molecular weight is 297 g/mol. The highest BCUT2D eigenvalue weighted by molar-refractivity contribution is 6.30. The third-order valence-electron chi connectivity index (χ3n) is 3.10. The highest BCUT2D eigenvalue weighted by Crippen LogP contribution is 2.27. The Morgan fingerprint density at radius 1 is 0.905 bits per heavy atom. The van der Waals surface area contributed by atoms with Gasteiger partial charge in [-0.25, -0.2) is 9.97 Å². The van der Waals surface area contributed by atoms with Gasteiger partial charge in [-0.2, -0.15) is 0 Å². The molecular formula is C16H13ClN4. The molecule has 0 aliphatic rings. The Kier molecular flexibility index (Phi) is 3.46. The second kappa shape index (κ2) is 5.42. The number of hydrogen-bond acceptors (Lipinski definition) is 4. The zero-order valence-electron chi connectivity index (χ0n) is 11.1. The second-order valence-corrected chi connectivity index (χ2v) is 5.06. The third-order valence-corrected chi connectivity index (χ3v) is 3.35. The van der Waals surface area contributed by atoms with Crippen LogP contribution in [0, 0.1) is 0 Å². The van der Waals surface area contributed by atoms with Gasteiger partial charge >= 0.3 is 0 Å². The molecule has 0 aliphatic heterocycles. The first-order valence-electron chi connectivity index (χ1n) is 6.38. The van der Waals surface area contributed by atoms with Gasteiger partial charge in [0.2, 0.25) is 0 Å². The molecular weight excluding hydrogens is 284 g/mol. The van der Waals surface area contributed by atoms with E-state index < -0.39 is 0 Å². The van der Waals surface area contributed by atoms with Crippen LogP contribution in [-0.4, -0.2) is 9.97 Å². The third kappa shape index (κ3) is 2.80. The molecule has 0 fully saturated rings. The van der Waals surface area contributed by atoms with E-state index in [-0.39, 0.29) is 0 Å². The van der Waals surface area contributed by atoms with Gasteiger partial charge in [0.15, 0.2) is 0 Å². The molecule has 0 amide bonds. The molecule has 2 aromatic carbocycles. The summed E-state index contributed by atoms with van der Waals surface area (Å²) in [6.45, 7) is 0. The van der Waals surface area contributed by atoms with Gasteiger partial charge in [0.1, 0.15) is 11.5 Å². The van der Waals surface area contributed by atoms with Crippen molar-refractivity contribution in [3.05, 3.63) is 59.8 Å². The van der Waals surface area contributed by atoms with Crippen LogP contribution in [0.5, 0.6) is 0 Å². The number of aromatic nitrogens is 2. The number of halogens is 1. The summed E-state index contributed by atoms with van der Waals surface area (Å²) in [7, 11) is 0. The summed E-state index contributed by atoms with van der Waals surface area (Å²) in [4.78, 5) is 8.82. The lowest BCUT2D eigenvalue weighted by Gasteiger charge is -2.08. The normalized spacial score (nSPS) is 10.5. The van der Waals surface area contributed by atoms with Gasteiger partial charge in [0.05, 0.1) is 11.9 Å². The van der Waals surface area contributed by atoms with Crippen molar-refractivity contribution in [1.29, 1.82) is 0 Å². The molecule has 0 aliphatic carbocycles. The minimum atomic E-state index is 0.373. The van der Waals surface area contributed by atoms with E-state index >= 15 is 0 Å². The monoisotopic (exact) mass is 296 g/mol. The van der Waals surface area contributed by atoms with Crippen LogP contribution in [0.3, 0.4) is 0 Å². The van der Waals surface area contributed by atoms with Crippen LogP contribution in [0.15, 0.2) is 54.7 Å². The van der Waals surface area contributed by atoms with Crippen LogP contribution in [0.4, 0.5) is 11.5 Å². The Hall–Kier alpha value is -2.59. The Morgan fingerprint density at radius 3 is 2.38 bits per heavy atom. The second-order valence-electron chi connectivity index (χ2n) is 4.62. The molecule has 5 heteroatoms. The van der Waals surface area contributed by atoms with Crippen LogP contribution >= 0.6 is 11.6 Å². The molecule has 4 nitrogen and oxygen atoms in total. The van der Waals surface area contributed by atoms with Crippen molar-refractivity contribution in [1.82, 2.24) is 9.97 Å². The van der Waals surface area contributed by atoms with E-state index in [2.05, 4.69) is 9.97 Å². The van der Waals surface area contributed by atoms with E-state index in [1.807, 2.05) is 48.5 Å². The fourth-order valence-corrected chi connectivity index (χ4v) is 2.18. The summed E-state index contributed by atoms with van der Waals surface area (Å²) in [5.74, 6) is 0.373. The van der Waals surface area contributed by atoms with Crippen molar-refractivity contribution in [2.75, 3.05) is 11.5 Å². The molecule has 0 saturated carbocycles. The van der Waals surface area contributed by atoms with E-state index in [1.165, 1.54) is 0 Å². The number of nitrogens with zero attached hydrogens (tertiary/aromatic N) is 2. The smallest absolute Gasteiger partial charge is 0.150 e. The van der Waals surface area contributed by atoms with Crippen molar-refractivity contribution in [3.63, 3.8) is 0 Å². The predicted octanol–water partition coefficient (Wildman–Crippen LogP) is 3.63. The lowest BCUT2D eigenvalue weighted by molar-refractivity contribution is 1.22. The number of hydrogen-bond donors (Lipinski definition) is 2. The Balaban J connectivity index is 2.10. The highest BCUT2D eigenvalue weighted by atomic mass is 35.5. The van der Waals surface area contributed by atoms with Gasteiger partial charge in [-0.15, -0.1) is 0 Å². The lowest BCUT2D eigenvalue weighted by Crippen LogP contribution is -1.99. The maximum absolute atomic E-state index is 5.94. The van der Waals surface area contributed by atoms with Crippen molar-refractivity contribution < 1.29 is 0 Å². The Bertz CT molecular complexity index is 785. The quantitative estimate of drug-likeness (QED) is 0.708. The van der Waals surface area contributed by atoms with E-state index in [0.717, 1.165) is 16.8 Å². The van der Waals surface area contributed by atoms with Crippen LogP contribution in [0.2, 0.25) is 5.02 Å². The maximum Gasteiger partial charge on any atom is 0.150 e. The molecule has 1 aromatic heterocycles. The molecule has 3 rings (SSSR count). The molecule has 0 radical (unpaired) electrons. The van der Waals surface area contributed by atoms with Gasteiger partial charge in [-0.05, 0) is 24.3 Å². The molecule has 4 N–H and O–H groups in total. The summed E-state index contributed by atoms with van der Waals surface area (Å²) in [5.41, 5.74) is 15.5. The Morgan fingerprint density at radius 2 is 1.67 bits per heavy atom. The molecule has 0 saturated heterocycles. The minimum absolute atomic E-state index is 0.373. The van der Waals surface area contributed by atoms with Crippen LogP contribution in [-0.2, 0) is 0 Å². The zero-order chi connectivity index (χ0) is 14.8. The van der Waals surface area contributed by atoms with Gasteiger partial charge < -0.3 is 11.5 Å². The van der Waals surface area contributed by atoms with Crippen molar-refractivity contribution >= 4 is 23.1 Å². The first kappa shape index (κ1) is 13.4. The molecule has 0 spiro atoms. The van der Waals surface area contributed by atoms with E-state index in [1.54, 1.807) is 6.20 Å². The van der Waals surface area contributed by atoms with E-state index in [4.69, 9.17) is 23.1 Å². The highest BCUT2D eigenvalue weighted by Gasteiger charge is 2.09. The van der Waals surface area contributed by atoms with Crippen LogP contribution in [0.25, 0.3) is 22.5 Å². The summed E-state index contributed by atoms with van der Waals surface area (Å²) < 4.78 is 0. The summed E-state index contributed by atoms with van der Waals surface area (Å²) in [5, 5.41) is 0.679. The van der Waals surface area contributed by atoms with Crippen LogP contribution in [0.1, 0.15) is 0 Å². The molecule has 1 heterocycles. The van der Waals surface area contributed by atoms with Gasteiger partial charge in [-0.1, -0.05) is 35.9 Å². The average Bonchev–Trinajstić information content (AvgIpc) is 2.49. The first-order chi connectivity index (χ1) is 10.1. The largest absolute Gasteiger partial charge is 0.399 e. The summed E-state index contributed by atoms with van der Waals surface area (Å²) >= 11 is 5.90. The summed E-state index contributed by atoms with van der Waals surface area (Å²) in [6.07, 6.45) is 1.65. The summed E-state index contributed by atoms with van der Waals surface area (Å²) in [6, 6.07) is 14.8. The molecule has 3 aromatic rings. The standard InChI is InChI=1S/C16H13ClN4/c17-12-6-4-10(5-7-12)14-9-20-16(19)15(21-14)11-2-1-3-13(18)8-11/h1-9H,18H2,(H2,19,20). The van der Waals surface area contributed by atoms with Gasteiger partial charge in [-0.3, -0.25) is 0 Å². The van der Waals surface area contributed by atoms with Gasteiger partial charge in [0, 0.05) is 21.8 Å². The van der Waals surface area contributed by atoms with Crippen LogP contribution < -0.4 is 11.5 Å². The molecule has 0 bridgehead atoms. The topological polar surface area (TPSA) is 77.8 Å². The SMILES string of the molecule is Nc1cccc(-c2nc(-c3ccc(Cl)cc3)cnc2N)c1. The fourth-order valence-electron chi connectivity index (χ4n) is 2.06. The minimum Gasteiger partial charge on any atom is -0.399 e. The number of nitrogen functional groups attached to an aromatic ring is 2. The van der Waals surface area contributed by atoms with Crippen molar-refractivity contribution in [3.8, 4) is 22.5 Å². The number of anilines is 2. The Labute approximate surface area is 127 Å². The number of benzene rings is 2. The van der Waals surface area contributed by atoms with Crippen molar-refractivity contribution in [2.45, 2.75) is 0 Å². The maximum atomic E-state index is 5.94. The van der Waals surface area contributed by atoms with Gasteiger partial charge in [0.25, 0.3) is 0 Å². The first-order valence-corrected chi connectivity index (χ1v) is 6.75. The van der Waals surface area contributed by atoms with E-state index in [0.29, 0.717) is 22.2 Å². The lowest BCUT2D eigenvalue weighted by atomic mass is 10.1. The number of nitrogens with two attached hydrogens (primary N) is 2. The molecule has 104 valence electrons. The van der Waals surface area contributed by atoms with Crippen molar-refractivity contribution in [2.24, 2.45) is 0 Å². The molecule has 0 unspecified atom stereocenters. The molecule has 21 heavy (non-hydrogen) atoms. The number of rotatable bonds is 2. The zero-order valence-corrected chi connectivity index (χ0v) is 11.9. The predicted molar refractivity (Wildman–Crippen MR) is 86.7 cm³/mol. The fraction of sp³-hybridized carbons (Fsp3) is 0. The van der Waals surface area contributed by atoms with E-state index in [9.17, 15) is 0 Å².